The van der Waals surface area contributed by atoms with E-state index >= 15 is 0 Å². The highest BCUT2D eigenvalue weighted by atomic mass is 16.4. The van der Waals surface area contributed by atoms with Gasteiger partial charge >= 0.3 is 11.9 Å². The molecular formula is C42H84O10. The first-order valence-electron chi connectivity index (χ1n) is 21.3. The summed E-state index contributed by atoms with van der Waals surface area (Å²) >= 11 is 0. The fourth-order valence-corrected chi connectivity index (χ4v) is 5.91. The summed E-state index contributed by atoms with van der Waals surface area (Å²) in [5.41, 5.74) is 0. The molecule has 0 amide bonds. The van der Waals surface area contributed by atoms with Gasteiger partial charge in [-0.25, -0.2) is 0 Å². The van der Waals surface area contributed by atoms with Crippen LogP contribution in [0.2, 0.25) is 0 Å². The van der Waals surface area contributed by atoms with Gasteiger partial charge in [0.25, 0.3) is 0 Å². The van der Waals surface area contributed by atoms with Crippen LogP contribution in [0, 0.1) is 0 Å². The minimum Gasteiger partial charge on any atom is -0.481 e. The maximum absolute atomic E-state index is 10.3. The topological polar surface area (TPSA) is 193 Å². The van der Waals surface area contributed by atoms with Crippen molar-refractivity contribution in [1.29, 1.82) is 0 Å². The van der Waals surface area contributed by atoms with Crippen molar-refractivity contribution in [1.82, 2.24) is 0 Å². The average molecular weight is 749 g/mol. The van der Waals surface area contributed by atoms with E-state index in [1.54, 1.807) is 0 Å². The van der Waals surface area contributed by atoms with Crippen molar-refractivity contribution in [2.75, 3.05) is 6.61 Å². The molecule has 0 aromatic carbocycles. The van der Waals surface area contributed by atoms with Crippen molar-refractivity contribution in [3.8, 4) is 0 Å². The second-order valence-corrected chi connectivity index (χ2v) is 14.5. The minimum absolute atomic E-state index is 0.0258. The van der Waals surface area contributed by atoms with E-state index in [1.807, 2.05) is 0 Å². The zero-order valence-corrected chi connectivity index (χ0v) is 33.6. The van der Waals surface area contributed by atoms with Gasteiger partial charge in [0.15, 0.2) is 6.29 Å². The Kier molecular flexibility index (Phi) is 48.0. The summed E-state index contributed by atoms with van der Waals surface area (Å²) in [5, 5.41) is 60.6. The number of aliphatic hydroxyl groups is 5. The number of rotatable bonds is 37. The van der Waals surface area contributed by atoms with Crippen LogP contribution in [0.5, 0.6) is 0 Å². The molecule has 52 heavy (non-hydrogen) atoms. The van der Waals surface area contributed by atoms with E-state index in [1.165, 1.54) is 167 Å². The Bertz CT molecular complexity index is 692. The third kappa shape index (κ3) is 46.4. The van der Waals surface area contributed by atoms with Crippen molar-refractivity contribution in [3.05, 3.63) is 0 Å². The SMILES string of the molecule is CCCCCCCCCCCCCCCCCC(=O)O.CCCCCCCCCCCCCCCCCC(=O)O.O=C[C@H](O)[C@@H](O)[C@H](O)[C@H](O)CO. The smallest absolute Gasteiger partial charge is 0.303 e. The van der Waals surface area contributed by atoms with Crippen molar-refractivity contribution in [2.45, 2.75) is 244 Å². The van der Waals surface area contributed by atoms with Crippen LogP contribution in [-0.2, 0) is 14.4 Å². The first kappa shape index (κ1) is 54.8. The lowest BCUT2D eigenvalue weighted by molar-refractivity contribution is -0.138. The summed E-state index contributed by atoms with van der Waals surface area (Å²) in [5.74, 6) is -1.31. The molecule has 0 saturated carbocycles. The predicted molar refractivity (Wildman–Crippen MR) is 212 cm³/mol. The number of hydrogen-bond donors (Lipinski definition) is 7. The van der Waals surface area contributed by atoms with Crippen LogP contribution >= 0.6 is 0 Å². The molecule has 10 heteroatoms. The van der Waals surface area contributed by atoms with Gasteiger partial charge in [0.2, 0.25) is 0 Å². The van der Waals surface area contributed by atoms with Crippen LogP contribution in [0.15, 0.2) is 0 Å². The molecule has 0 aromatic heterocycles. The molecule has 0 aliphatic heterocycles. The summed E-state index contributed by atoms with van der Waals surface area (Å²) in [4.78, 5) is 30.6. The molecule has 0 rings (SSSR count). The molecule has 0 radical (unpaired) electrons. The number of carboxylic acids is 2. The first-order chi connectivity index (χ1) is 25.1. The predicted octanol–water partition coefficient (Wildman–Crippen LogP) is 9.29. The fraction of sp³-hybridized carbons (Fsp3) is 0.929. The van der Waals surface area contributed by atoms with Crippen LogP contribution < -0.4 is 0 Å². The monoisotopic (exact) mass is 749 g/mol. The number of aldehydes is 1. The normalized spacial score (nSPS) is 13.2. The Balaban J connectivity index is -0.000000717. The highest BCUT2D eigenvalue weighted by Gasteiger charge is 2.29. The lowest BCUT2D eigenvalue weighted by Crippen LogP contribution is -2.46. The van der Waals surface area contributed by atoms with E-state index in [2.05, 4.69) is 13.8 Å². The largest absolute Gasteiger partial charge is 0.481 e. The van der Waals surface area contributed by atoms with Gasteiger partial charge in [0.05, 0.1) is 6.61 Å². The molecule has 0 saturated heterocycles. The summed E-state index contributed by atoms with van der Waals surface area (Å²) < 4.78 is 0. The van der Waals surface area contributed by atoms with E-state index in [-0.39, 0.29) is 6.29 Å². The van der Waals surface area contributed by atoms with Crippen molar-refractivity contribution in [2.24, 2.45) is 0 Å². The third-order valence-corrected chi connectivity index (χ3v) is 9.41. The zero-order valence-electron chi connectivity index (χ0n) is 33.6. The lowest BCUT2D eigenvalue weighted by atomic mass is 10.0. The van der Waals surface area contributed by atoms with Gasteiger partial charge in [0.1, 0.15) is 24.4 Å². The maximum atomic E-state index is 10.3. The molecule has 0 bridgehead atoms. The van der Waals surface area contributed by atoms with Gasteiger partial charge in [-0.1, -0.05) is 194 Å². The Morgan fingerprint density at radius 2 is 0.654 bits per heavy atom. The number of carbonyl (C=O) groups is 3. The summed E-state index contributed by atoms with van der Waals surface area (Å²) in [7, 11) is 0. The van der Waals surface area contributed by atoms with Gasteiger partial charge in [-0.3, -0.25) is 9.59 Å². The average Bonchev–Trinajstić information content (AvgIpc) is 3.13. The highest BCUT2D eigenvalue weighted by molar-refractivity contribution is 5.66. The Hall–Kier alpha value is -1.59. The quantitative estimate of drug-likeness (QED) is 0.0238. The van der Waals surface area contributed by atoms with Crippen LogP contribution in [0.4, 0.5) is 0 Å². The molecule has 0 aliphatic carbocycles. The molecule has 4 atom stereocenters. The first-order valence-corrected chi connectivity index (χ1v) is 21.3. The third-order valence-electron chi connectivity index (χ3n) is 9.41. The summed E-state index contributed by atoms with van der Waals surface area (Å²) in [6.07, 6.45) is 33.6. The van der Waals surface area contributed by atoms with Gasteiger partial charge in [0, 0.05) is 12.8 Å². The summed E-state index contributed by atoms with van der Waals surface area (Å²) in [6.45, 7) is 3.78. The van der Waals surface area contributed by atoms with Crippen LogP contribution in [0.3, 0.4) is 0 Å². The van der Waals surface area contributed by atoms with Gasteiger partial charge in [-0.2, -0.15) is 0 Å². The van der Waals surface area contributed by atoms with Crippen molar-refractivity contribution >= 4 is 18.2 Å². The van der Waals surface area contributed by atoms with Crippen LogP contribution in [0.1, 0.15) is 219 Å². The van der Waals surface area contributed by atoms with E-state index in [9.17, 15) is 14.4 Å². The molecular weight excluding hydrogens is 664 g/mol. The van der Waals surface area contributed by atoms with Crippen LogP contribution in [-0.4, -0.2) is 85.0 Å². The Labute approximate surface area is 318 Å². The molecule has 0 spiro atoms. The van der Waals surface area contributed by atoms with Gasteiger partial charge < -0.3 is 40.5 Å². The molecule has 0 aromatic rings. The molecule has 0 unspecified atom stereocenters. The Morgan fingerprint density at radius 3 is 0.846 bits per heavy atom. The molecule has 312 valence electrons. The van der Waals surface area contributed by atoms with E-state index in [4.69, 9.17) is 35.7 Å². The van der Waals surface area contributed by atoms with E-state index < -0.39 is 43.0 Å². The number of carbonyl (C=O) groups excluding carboxylic acids is 1. The molecule has 0 heterocycles. The van der Waals surface area contributed by atoms with E-state index in [0.717, 1.165) is 25.7 Å². The summed E-state index contributed by atoms with van der Waals surface area (Å²) in [6, 6.07) is 0. The maximum Gasteiger partial charge on any atom is 0.303 e. The van der Waals surface area contributed by atoms with Gasteiger partial charge in [-0.15, -0.1) is 0 Å². The number of carboxylic acid groups (broad SMARTS) is 2. The number of hydrogen-bond acceptors (Lipinski definition) is 8. The molecule has 10 nitrogen and oxygen atoms in total. The van der Waals surface area contributed by atoms with Crippen LogP contribution in [0.25, 0.3) is 0 Å². The number of aliphatic hydroxyl groups excluding tert-OH is 5. The molecule has 0 fully saturated rings. The fourth-order valence-electron chi connectivity index (χ4n) is 5.91. The number of aliphatic carboxylic acids is 2. The van der Waals surface area contributed by atoms with Crippen molar-refractivity contribution < 1.29 is 50.1 Å². The molecule has 0 aliphatic rings. The number of unbranched alkanes of at least 4 members (excludes halogenated alkanes) is 28. The second kappa shape index (κ2) is 45.6. The lowest BCUT2D eigenvalue weighted by Gasteiger charge is -2.22. The zero-order chi connectivity index (χ0) is 39.5. The standard InChI is InChI=1S/2C18H36O2.C6H12O6/c2*1-2-3-4-5-6-7-8-9-10-11-12-13-14-15-16-17-18(19)20;7-1-3(9)5(11)6(12)4(10)2-8/h2*2-17H2,1H3,(H,19,20);1,3-6,8-12H,2H2/t;;3-,4+,5+,6+/m..0/s1. The van der Waals surface area contributed by atoms with Crippen molar-refractivity contribution in [3.63, 3.8) is 0 Å². The Morgan fingerprint density at radius 1 is 0.423 bits per heavy atom. The second-order valence-electron chi connectivity index (χ2n) is 14.5. The highest BCUT2D eigenvalue weighted by Crippen LogP contribution is 2.15. The van der Waals surface area contributed by atoms with Gasteiger partial charge in [-0.05, 0) is 12.8 Å². The van der Waals surface area contributed by atoms with E-state index in [0.29, 0.717) is 12.8 Å². The minimum atomic E-state index is -1.79. The molecule has 7 N–H and O–H groups in total.